The minimum atomic E-state index is -4.12. The molecule has 0 fully saturated rings. The van der Waals surface area contributed by atoms with Gasteiger partial charge in [0.15, 0.2) is 0 Å². The SMILES string of the molecule is COCCCC(N)CNC(C)CC(F)(F)F. The Morgan fingerprint density at radius 1 is 1.38 bits per heavy atom. The second kappa shape index (κ2) is 7.86. The van der Waals surface area contributed by atoms with Crippen LogP contribution in [0.3, 0.4) is 0 Å². The van der Waals surface area contributed by atoms with Crippen molar-refractivity contribution in [1.29, 1.82) is 0 Å². The Morgan fingerprint density at radius 3 is 2.50 bits per heavy atom. The van der Waals surface area contributed by atoms with Gasteiger partial charge in [-0.25, -0.2) is 0 Å². The molecule has 3 N–H and O–H groups in total. The first-order valence-electron chi connectivity index (χ1n) is 5.40. The summed E-state index contributed by atoms with van der Waals surface area (Å²) >= 11 is 0. The van der Waals surface area contributed by atoms with Gasteiger partial charge in [0.2, 0.25) is 0 Å². The molecule has 0 aromatic carbocycles. The summed E-state index contributed by atoms with van der Waals surface area (Å²) in [6.07, 6.45) is -3.36. The first-order valence-corrected chi connectivity index (χ1v) is 5.40. The monoisotopic (exact) mass is 242 g/mol. The zero-order valence-electron chi connectivity index (χ0n) is 9.81. The molecule has 2 unspecified atom stereocenters. The van der Waals surface area contributed by atoms with Crippen LogP contribution in [0.15, 0.2) is 0 Å². The molecule has 16 heavy (non-hydrogen) atoms. The van der Waals surface area contributed by atoms with Gasteiger partial charge in [0.25, 0.3) is 0 Å². The van der Waals surface area contributed by atoms with E-state index in [1.54, 1.807) is 7.11 Å². The summed E-state index contributed by atoms with van der Waals surface area (Å²) in [6.45, 7) is 2.54. The molecule has 2 atom stereocenters. The van der Waals surface area contributed by atoms with Crippen molar-refractivity contribution in [3.63, 3.8) is 0 Å². The van der Waals surface area contributed by atoms with Crippen LogP contribution in [0.2, 0.25) is 0 Å². The van der Waals surface area contributed by atoms with Crippen molar-refractivity contribution < 1.29 is 17.9 Å². The van der Waals surface area contributed by atoms with E-state index >= 15 is 0 Å². The summed E-state index contributed by atoms with van der Waals surface area (Å²) < 4.78 is 40.8. The lowest BCUT2D eigenvalue weighted by atomic mass is 10.1. The summed E-state index contributed by atoms with van der Waals surface area (Å²) in [6, 6.07) is -0.709. The van der Waals surface area contributed by atoms with Crippen LogP contribution in [-0.2, 0) is 4.74 Å². The summed E-state index contributed by atoms with van der Waals surface area (Å²) in [4.78, 5) is 0. The molecule has 0 saturated carbocycles. The average molecular weight is 242 g/mol. The van der Waals surface area contributed by atoms with E-state index in [-0.39, 0.29) is 6.04 Å². The Kier molecular flexibility index (Phi) is 7.70. The number of nitrogens with two attached hydrogens (primary N) is 1. The van der Waals surface area contributed by atoms with E-state index in [0.717, 1.165) is 12.8 Å². The summed E-state index contributed by atoms with van der Waals surface area (Å²) in [5.74, 6) is 0. The Balaban J connectivity index is 3.55. The Labute approximate surface area is 94.5 Å². The zero-order valence-corrected chi connectivity index (χ0v) is 9.81. The van der Waals surface area contributed by atoms with Crippen molar-refractivity contribution in [2.24, 2.45) is 5.73 Å². The number of rotatable bonds is 8. The number of methoxy groups -OCH3 is 1. The fourth-order valence-electron chi connectivity index (χ4n) is 1.36. The molecule has 0 heterocycles. The van der Waals surface area contributed by atoms with Crippen molar-refractivity contribution in [1.82, 2.24) is 5.32 Å². The van der Waals surface area contributed by atoms with E-state index in [0.29, 0.717) is 13.2 Å². The number of ether oxygens (including phenoxy) is 1. The Bertz CT molecular complexity index is 176. The summed E-state index contributed by atoms with van der Waals surface area (Å²) in [5.41, 5.74) is 5.73. The second-order valence-electron chi connectivity index (χ2n) is 4.02. The highest BCUT2D eigenvalue weighted by molar-refractivity contribution is 4.70. The van der Waals surface area contributed by atoms with Crippen LogP contribution < -0.4 is 11.1 Å². The van der Waals surface area contributed by atoms with Gasteiger partial charge in [0.05, 0.1) is 6.42 Å². The average Bonchev–Trinajstić information content (AvgIpc) is 2.12. The minimum absolute atomic E-state index is 0.120. The van der Waals surface area contributed by atoms with Crippen molar-refractivity contribution in [3.05, 3.63) is 0 Å². The van der Waals surface area contributed by atoms with Crippen LogP contribution in [0, 0.1) is 0 Å². The molecule has 0 rings (SSSR count). The van der Waals surface area contributed by atoms with Gasteiger partial charge in [-0.15, -0.1) is 0 Å². The van der Waals surface area contributed by atoms with Crippen LogP contribution in [0.25, 0.3) is 0 Å². The second-order valence-corrected chi connectivity index (χ2v) is 4.02. The third-order valence-electron chi connectivity index (χ3n) is 2.19. The molecule has 0 aliphatic rings. The van der Waals surface area contributed by atoms with Crippen LogP contribution in [0.5, 0.6) is 0 Å². The van der Waals surface area contributed by atoms with Gasteiger partial charge in [0.1, 0.15) is 0 Å². The Hall–Kier alpha value is -0.330. The molecular formula is C10H21F3N2O. The standard InChI is InChI=1S/C10H21F3N2O/c1-8(6-10(11,12)13)15-7-9(14)4-3-5-16-2/h8-9,15H,3-7,14H2,1-2H3. The molecule has 0 aromatic rings. The van der Waals surface area contributed by atoms with Crippen LogP contribution in [0.4, 0.5) is 13.2 Å². The first kappa shape index (κ1) is 15.7. The van der Waals surface area contributed by atoms with Gasteiger partial charge in [0, 0.05) is 32.3 Å². The molecule has 0 aromatic heterocycles. The molecule has 0 saturated heterocycles. The third-order valence-corrected chi connectivity index (χ3v) is 2.19. The Morgan fingerprint density at radius 2 is 2.00 bits per heavy atom. The predicted molar refractivity (Wildman–Crippen MR) is 57.2 cm³/mol. The molecule has 98 valence electrons. The lowest BCUT2D eigenvalue weighted by Gasteiger charge is -2.18. The molecule has 0 bridgehead atoms. The number of alkyl halides is 3. The van der Waals surface area contributed by atoms with Gasteiger partial charge in [-0.2, -0.15) is 13.2 Å². The van der Waals surface area contributed by atoms with E-state index in [2.05, 4.69) is 5.32 Å². The maximum atomic E-state index is 12.0. The third kappa shape index (κ3) is 10.2. The van der Waals surface area contributed by atoms with E-state index in [1.165, 1.54) is 6.92 Å². The summed E-state index contributed by atoms with van der Waals surface area (Å²) in [5, 5.41) is 2.78. The van der Waals surface area contributed by atoms with Crippen molar-refractivity contribution in [3.8, 4) is 0 Å². The quantitative estimate of drug-likeness (QED) is 0.636. The molecular weight excluding hydrogens is 221 g/mol. The van der Waals surface area contributed by atoms with E-state index in [4.69, 9.17) is 10.5 Å². The van der Waals surface area contributed by atoms with E-state index < -0.39 is 18.6 Å². The maximum Gasteiger partial charge on any atom is 0.390 e. The van der Waals surface area contributed by atoms with Crippen LogP contribution in [-0.4, -0.2) is 38.5 Å². The van der Waals surface area contributed by atoms with Crippen LogP contribution >= 0.6 is 0 Å². The molecule has 0 aliphatic heterocycles. The fourth-order valence-corrected chi connectivity index (χ4v) is 1.36. The first-order chi connectivity index (χ1) is 7.35. The smallest absolute Gasteiger partial charge is 0.385 e. The highest BCUT2D eigenvalue weighted by atomic mass is 19.4. The van der Waals surface area contributed by atoms with Crippen LogP contribution in [0.1, 0.15) is 26.2 Å². The van der Waals surface area contributed by atoms with Crippen molar-refractivity contribution in [2.45, 2.75) is 44.4 Å². The van der Waals surface area contributed by atoms with Gasteiger partial charge in [-0.1, -0.05) is 0 Å². The molecule has 0 spiro atoms. The lowest BCUT2D eigenvalue weighted by molar-refractivity contribution is -0.139. The summed E-state index contributed by atoms with van der Waals surface area (Å²) in [7, 11) is 1.61. The molecule has 0 radical (unpaired) electrons. The topological polar surface area (TPSA) is 47.3 Å². The number of nitrogens with one attached hydrogen (secondary N) is 1. The number of hydrogen-bond donors (Lipinski definition) is 2. The molecule has 6 heteroatoms. The lowest BCUT2D eigenvalue weighted by Crippen LogP contribution is -2.40. The normalized spacial score (nSPS) is 16.1. The minimum Gasteiger partial charge on any atom is -0.385 e. The number of halogens is 3. The predicted octanol–water partition coefficient (Wildman–Crippen LogP) is 1.67. The maximum absolute atomic E-state index is 12.0. The molecule has 3 nitrogen and oxygen atoms in total. The highest BCUT2D eigenvalue weighted by Crippen LogP contribution is 2.21. The van der Waals surface area contributed by atoms with Gasteiger partial charge < -0.3 is 15.8 Å². The van der Waals surface area contributed by atoms with Gasteiger partial charge in [-0.05, 0) is 19.8 Å². The van der Waals surface area contributed by atoms with E-state index in [9.17, 15) is 13.2 Å². The zero-order chi connectivity index (χ0) is 12.6. The number of hydrogen-bond acceptors (Lipinski definition) is 3. The molecule has 0 amide bonds. The van der Waals surface area contributed by atoms with E-state index in [1.807, 2.05) is 0 Å². The van der Waals surface area contributed by atoms with Gasteiger partial charge >= 0.3 is 6.18 Å². The largest absolute Gasteiger partial charge is 0.390 e. The fraction of sp³-hybridized carbons (Fsp3) is 1.00. The van der Waals surface area contributed by atoms with Crippen molar-refractivity contribution >= 4 is 0 Å². The van der Waals surface area contributed by atoms with Crippen molar-refractivity contribution in [2.75, 3.05) is 20.3 Å². The molecule has 0 aliphatic carbocycles. The van der Waals surface area contributed by atoms with Gasteiger partial charge in [-0.3, -0.25) is 0 Å². The highest BCUT2D eigenvalue weighted by Gasteiger charge is 2.29.